The Labute approximate surface area is 195 Å². The Morgan fingerprint density at radius 3 is 2.50 bits per heavy atom. The molecule has 1 atom stereocenters. The van der Waals surface area contributed by atoms with E-state index < -0.39 is 17.9 Å². The third-order valence-corrected chi connectivity index (χ3v) is 5.29. The molecule has 0 spiro atoms. The van der Waals surface area contributed by atoms with Gasteiger partial charge < -0.3 is 30.0 Å². The molecular formula is C24H24N4O6. The van der Waals surface area contributed by atoms with Crippen molar-refractivity contribution < 1.29 is 28.9 Å². The van der Waals surface area contributed by atoms with Gasteiger partial charge >= 0.3 is 5.97 Å². The summed E-state index contributed by atoms with van der Waals surface area (Å²) in [4.78, 5) is 24.9. The number of benzene rings is 2. The van der Waals surface area contributed by atoms with Gasteiger partial charge in [-0.3, -0.25) is 4.79 Å². The Kier molecular flexibility index (Phi) is 6.39. The molecule has 0 radical (unpaired) electrons. The van der Waals surface area contributed by atoms with Crippen LogP contribution < -0.4 is 24.8 Å². The number of hydrogen-bond donors (Lipinski definition) is 3. The highest BCUT2D eigenvalue weighted by atomic mass is 16.5. The zero-order valence-corrected chi connectivity index (χ0v) is 18.9. The summed E-state index contributed by atoms with van der Waals surface area (Å²) in [6, 6.07) is 11.5. The number of ether oxygens (including phenoxy) is 3. The zero-order valence-electron chi connectivity index (χ0n) is 18.9. The fourth-order valence-electron chi connectivity index (χ4n) is 3.68. The highest BCUT2D eigenvalue weighted by molar-refractivity contribution is 6.08. The molecule has 1 aliphatic rings. The summed E-state index contributed by atoms with van der Waals surface area (Å²) >= 11 is 0. The summed E-state index contributed by atoms with van der Waals surface area (Å²) in [5, 5.41) is 19.7. The van der Waals surface area contributed by atoms with Crippen LogP contribution in [-0.2, 0) is 4.79 Å². The van der Waals surface area contributed by atoms with Crippen LogP contribution in [0.15, 0.2) is 60.4 Å². The normalized spacial score (nSPS) is 14.3. The Balaban J connectivity index is 1.70. The third-order valence-electron chi connectivity index (χ3n) is 5.29. The van der Waals surface area contributed by atoms with E-state index in [-0.39, 0.29) is 17.1 Å². The van der Waals surface area contributed by atoms with Crippen molar-refractivity contribution >= 4 is 23.4 Å². The van der Waals surface area contributed by atoms with Crippen molar-refractivity contribution in [2.45, 2.75) is 13.0 Å². The van der Waals surface area contributed by atoms with Crippen molar-refractivity contribution in [3.63, 3.8) is 0 Å². The summed E-state index contributed by atoms with van der Waals surface area (Å²) in [6.45, 7) is 2.43. The number of hydrogen-bond acceptors (Lipinski definition) is 7. The van der Waals surface area contributed by atoms with Crippen LogP contribution in [0.3, 0.4) is 0 Å². The third kappa shape index (κ3) is 4.38. The van der Waals surface area contributed by atoms with E-state index in [4.69, 9.17) is 14.2 Å². The van der Waals surface area contributed by atoms with Crippen LogP contribution in [0, 0.1) is 0 Å². The summed E-state index contributed by atoms with van der Waals surface area (Å²) in [5.74, 6) is 0.421. The van der Waals surface area contributed by atoms with Gasteiger partial charge in [0.15, 0.2) is 0 Å². The molecule has 0 bridgehead atoms. The van der Waals surface area contributed by atoms with Gasteiger partial charge in [0.05, 0.1) is 27.0 Å². The number of aliphatic carboxylic acids is 1. The molecule has 34 heavy (non-hydrogen) atoms. The number of amides is 1. The van der Waals surface area contributed by atoms with Gasteiger partial charge in [-0.05, 0) is 55.5 Å². The van der Waals surface area contributed by atoms with E-state index in [0.717, 1.165) is 0 Å². The van der Waals surface area contributed by atoms with E-state index in [1.807, 2.05) is 6.92 Å². The van der Waals surface area contributed by atoms with Crippen LogP contribution in [0.5, 0.6) is 17.2 Å². The summed E-state index contributed by atoms with van der Waals surface area (Å²) in [6.07, 6.45) is 2.90. The van der Waals surface area contributed by atoms with E-state index in [0.29, 0.717) is 35.1 Å². The van der Waals surface area contributed by atoms with Gasteiger partial charge in [0.25, 0.3) is 5.91 Å². The SMILES string of the molecule is CCOc1ccc(NC(=O)c2cnn3c2NC(C(=O)O)=C[C@H]3c2cc(OC)ccc2OC)cc1. The van der Waals surface area contributed by atoms with Crippen molar-refractivity contribution in [2.24, 2.45) is 0 Å². The molecule has 1 aliphatic heterocycles. The second-order valence-corrected chi connectivity index (χ2v) is 7.33. The van der Waals surface area contributed by atoms with Crippen LogP contribution >= 0.6 is 0 Å². The molecule has 0 saturated heterocycles. The molecule has 4 rings (SSSR count). The summed E-state index contributed by atoms with van der Waals surface area (Å²) < 4.78 is 17.8. The lowest BCUT2D eigenvalue weighted by Crippen LogP contribution is -2.26. The molecule has 3 N–H and O–H groups in total. The molecule has 176 valence electrons. The minimum absolute atomic E-state index is 0.0852. The fraction of sp³-hybridized carbons (Fsp3) is 0.208. The minimum atomic E-state index is -1.17. The molecule has 3 aromatic rings. The van der Waals surface area contributed by atoms with Crippen molar-refractivity contribution in [1.82, 2.24) is 9.78 Å². The molecule has 0 fully saturated rings. The zero-order chi connectivity index (χ0) is 24.2. The molecule has 1 amide bonds. The first-order valence-electron chi connectivity index (χ1n) is 10.5. The standard InChI is InChI=1S/C24H24N4O6/c1-4-34-15-7-5-14(6-8-15)26-23(29)18-13-25-28-20(12-19(24(30)31)27-22(18)28)17-11-16(32-2)9-10-21(17)33-3/h5-13,20,27H,4H2,1-3H3,(H,26,29)(H,30,31)/t20-/m0/s1. The monoisotopic (exact) mass is 464 g/mol. The highest BCUT2D eigenvalue weighted by Crippen LogP contribution is 2.38. The van der Waals surface area contributed by atoms with Gasteiger partial charge in [-0.2, -0.15) is 5.10 Å². The number of carboxylic acid groups (broad SMARTS) is 1. The lowest BCUT2D eigenvalue weighted by molar-refractivity contribution is -0.132. The van der Waals surface area contributed by atoms with Crippen LogP contribution in [0.2, 0.25) is 0 Å². The Morgan fingerprint density at radius 2 is 1.85 bits per heavy atom. The van der Waals surface area contributed by atoms with Gasteiger partial charge in [0.1, 0.15) is 40.4 Å². The van der Waals surface area contributed by atoms with Crippen LogP contribution in [-0.4, -0.2) is 47.6 Å². The van der Waals surface area contributed by atoms with Crippen molar-refractivity contribution in [1.29, 1.82) is 0 Å². The average molecular weight is 464 g/mol. The molecule has 2 heterocycles. The first kappa shape index (κ1) is 22.7. The number of nitrogens with one attached hydrogen (secondary N) is 2. The number of nitrogens with zero attached hydrogens (tertiary/aromatic N) is 2. The molecule has 0 aliphatic carbocycles. The first-order chi connectivity index (χ1) is 16.4. The van der Waals surface area contributed by atoms with Gasteiger partial charge in [-0.15, -0.1) is 0 Å². The number of carbonyl (C=O) groups is 2. The lowest BCUT2D eigenvalue weighted by Gasteiger charge is -2.26. The second kappa shape index (κ2) is 9.57. The number of allylic oxidation sites excluding steroid dienone is 1. The highest BCUT2D eigenvalue weighted by Gasteiger charge is 2.31. The van der Waals surface area contributed by atoms with E-state index in [1.54, 1.807) is 42.5 Å². The maximum absolute atomic E-state index is 13.1. The Bertz CT molecular complexity index is 1250. The number of anilines is 2. The summed E-state index contributed by atoms with van der Waals surface area (Å²) in [5.41, 5.74) is 1.29. The maximum atomic E-state index is 13.1. The molecule has 10 nitrogen and oxygen atoms in total. The van der Waals surface area contributed by atoms with Crippen molar-refractivity contribution in [3.05, 3.63) is 71.6 Å². The smallest absolute Gasteiger partial charge is 0.352 e. The van der Waals surface area contributed by atoms with E-state index >= 15 is 0 Å². The van der Waals surface area contributed by atoms with E-state index in [9.17, 15) is 14.7 Å². The summed E-state index contributed by atoms with van der Waals surface area (Å²) in [7, 11) is 3.06. The lowest BCUT2D eigenvalue weighted by atomic mass is 10.0. The quantitative estimate of drug-likeness (QED) is 0.463. The number of methoxy groups -OCH3 is 2. The Hall–Kier alpha value is -4.47. The van der Waals surface area contributed by atoms with Gasteiger partial charge in [-0.25, -0.2) is 9.48 Å². The molecule has 0 saturated carbocycles. The van der Waals surface area contributed by atoms with Crippen molar-refractivity contribution in [2.75, 3.05) is 31.5 Å². The molecule has 1 aromatic heterocycles. The van der Waals surface area contributed by atoms with Gasteiger partial charge in [0.2, 0.25) is 0 Å². The van der Waals surface area contributed by atoms with Crippen molar-refractivity contribution in [3.8, 4) is 17.2 Å². The minimum Gasteiger partial charge on any atom is -0.497 e. The molecule has 10 heteroatoms. The van der Waals surface area contributed by atoms with Crippen LogP contribution in [0.1, 0.15) is 28.9 Å². The van der Waals surface area contributed by atoms with Crippen LogP contribution in [0.4, 0.5) is 11.5 Å². The number of rotatable bonds is 8. The number of carbonyl (C=O) groups excluding carboxylic acids is 1. The van der Waals surface area contributed by atoms with E-state index in [1.165, 1.54) is 31.2 Å². The molecular weight excluding hydrogens is 440 g/mol. The number of carboxylic acids is 1. The number of fused-ring (bicyclic) bond motifs is 1. The molecule has 2 aromatic carbocycles. The number of aromatic nitrogens is 2. The van der Waals surface area contributed by atoms with Gasteiger partial charge in [-0.1, -0.05) is 0 Å². The van der Waals surface area contributed by atoms with E-state index in [2.05, 4.69) is 15.7 Å². The van der Waals surface area contributed by atoms with Gasteiger partial charge in [0, 0.05) is 11.3 Å². The first-order valence-corrected chi connectivity index (χ1v) is 10.5. The maximum Gasteiger partial charge on any atom is 0.352 e. The molecule has 0 unspecified atom stereocenters. The topological polar surface area (TPSA) is 124 Å². The average Bonchev–Trinajstić information content (AvgIpc) is 3.28. The predicted octanol–water partition coefficient (Wildman–Crippen LogP) is 3.53. The predicted molar refractivity (Wildman–Crippen MR) is 125 cm³/mol. The van der Waals surface area contributed by atoms with Crippen LogP contribution in [0.25, 0.3) is 0 Å². The second-order valence-electron chi connectivity index (χ2n) is 7.33. The Morgan fingerprint density at radius 1 is 1.12 bits per heavy atom. The fourth-order valence-corrected chi connectivity index (χ4v) is 3.68. The largest absolute Gasteiger partial charge is 0.497 e.